The van der Waals surface area contributed by atoms with Gasteiger partial charge in [0.15, 0.2) is 0 Å². The topological polar surface area (TPSA) is 46.5 Å². The van der Waals surface area contributed by atoms with Gasteiger partial charge in [-0.25, -0.2) is 4.39 Å². The van der Waals surface area contributed by atoms with E-state index in [0.717, 1.165) is 5.56 Å². The molecule has 4 heteroatoms. The molecule has 0 atom stereocenters. The van der Waals surface area contributed by atoms with E-state index < -0.39 is 11.8 Å². The summed E-state index contributed by atoms with van der Waals surface area (Å²) >= 11 is 0. The molecule has 14 heavy (non-hydrogen) atoms. The minimum absolute atomic E-state index is 0.187. The lowest BCUT2D eigenvalue weighted by Crippen LogP contribution is -2.03. The molecule has 1 aromatic rings. The van der Waals surface area contributed by atoms with Gasteiger partial charge in [0.1, 0.15) is 5.82 Å². The highest BCUT2D eigenvalue weighted by atomic mass is 19.1. The fraction of sp³-hybridized carbons (Fsp3) is 0.300. The van der Waals surface area contributed by atoms with E-state index in [1.807, 2.05) is 0 Å². The van der Waals surface area contributed by atoms with Crippen molar-refractivity contribution in [1.29, 1.82) is 0 Å². The summed E-state index contributed by atoms with van der Waals surface area (Å²) in [5, 5.41) is 8.51. The largest absolute Gasteiger partial charge is 0.481 e. The van der Waals surface area contributed by atoms with Crippen LogP contribution in [-0.4, -0.2) is 18.2 Å². The van der Waals surface area contributed by atoms with Gasteiger partial charge in [-0.05, 0) is 23.3 Å². The molecule has 0 amide bonds. The van der Waals surface area contributed by atoms with E-state index in [0.29, 0.717) is 6.61 Å². The highest BCUT2D eigenvalue weighted by Gasteiger charge is 2.07. The number of rotatable bonds is 4. The normalized spacial score (nSPS) is 10.1. The van der Waals surface area contributed by atoms with Gasteiger partial charge in [0.2, 0.25) is 0 Å². The molecule has 76 valence electrons. The van der Waals surface area contributed by atoms with Crippen molar-refractivity contribution in [2.45, 2.75) is 13.0 Å². The van der Waals surface area contributed by atoms with Gasteiger partial charge in [0, 0.05) is 7.11 Å². The second kappa shape index (κ2) is 4.72. The fourth-order valence-corrected chi connectivity index (χ4v) is 1.18. The summed E-state index contributed by atoms with van der Waals surface area (Å²) in [7, 11) is 1.53. The zero-order valence-corrected chi connectivity index (χ0v) is 7.79. The molecule has 0 saturated carbocycles. The molecule has 1 N–H and O–H groups in total. The highest BCUT2D eigenvalue weighted by Crippen LogP contribution is 2.12. The van der Waals surface area contributed by atoms with Crippen molar-refractivity contribution in [3.8, 4) is 0 Å². The lowest BCUT2D eigenvalue weighted by Gasteiger charge is -2.03. The fourth-order valence-electron chi connectivity index (χ4n) is 1.18. The second-order valence-electron chi connectivity index (χ2n) is 2.93. The van der Waals surface area contributed by atoms with E-state index in [9.17, 15) is 9.18 Å². The summed E-state index contributed by atoms with van der Waals surface area (Å²) in [6, 6.07) is 4.34. The molecular weight excluding hydrogens is 187 g/mol. The van der Waals surface area contributed by atoms with Crippen LogP contribution in [0.1, 0.15) is 11.1 Å². The maximum absolute atomic E-state index is 13.1. The van der Waals surface area contributed by atoms with Gasteiger partial charge in [0.05, 0.1) is 13.0 Å². The Kier molecular flexibility index (Phi) is 3.59. The first-order chi connectivity index (χ1) is 6.63. The summed E-state index contributed by atoms with van der Waals surface area (Å²) in [6.07, 6.45) is -0.302. The summed E-state index contributed by atoms with van der Waals surface area (Å²) in [5.74, 6) is -1.54. The van der Waals surface area contributed by atoms with Gasteiger partial charge in [-0.3, -0.25) is 4.79 Å². The summed E-state index contributed by atoms with van der Waals surface area (Å²) in [6.45, 7) is 0.354. The van der Waals surface area contributed by atoms with Crippen molar-refractivity contribution in [2.24, 2.45) is 0 Å². The van der Waals surface area contributed by atoms with Crippen LogP contribution in [0.2, 0.25) is 0 Å². The molecule has 0 saturated heterocycles. The minimum atomic E-state index is -1.04. The van der Waals surface area contributed by atoms with Crippen LogP contribution in [0.3, 0.4) is 0 Å². The van der Waals surface area contributed by atoms with E-state index in [2.05, 4.69) is 0 Å². The molecule has 0 unspecified atom stereocenters. The number of carboxylic acids is 1. The summed E-state index contributed by atoms with van der Waals surface area (Å²) in [4.78, 5) is 10.4. The van der Waals surface area contributed by atoms with Gasteiger partial charge < -0.3 is 9.84 Å². The Labute approximate surface area is 81.1 Å². The van der Waals surface area contributed by atoms with Crippen molar-refractivity contribution in [2.75, 3.05) is 7.11 Å². The Hall–Kier alpha value is -1.42. The molecule has 0 aromatic heterocycles. The van der Waals surface area contributed by atoms with Crippen molar-refractivity contribution in [3.05, 3.63) is 35.1 Å². The van der Waals surface area contributed by atoms with Crippen LogP contribution in [0, 0.1) is 5.82 Å². The molecule has 3 nitrogen and oxygen atoms in total. The molecule has 1 aromatic carbocycles. The smallest absolute Gasteiger partial charge is 0.307 e. The van der Waals surface area contributed by atoms with E-state index >= 15 is 0 Å². The highest BCUT2D eigenvalue weighted by molar-refractivity contribution is 5.70. The molecule has 0 bridgehead atoms. The Morgan fingerprint density at radius 1 is 1.57 bits per heavy atom. The Morgan fingerprint density at radius 2 is 2.29 bits per heavy atom. The van der Waals surface area contributed by atoms with E-state index in [4.69, 9.17) is 9.84 Å². The molecule has 0 aliphatic rings. The predicted octanol–water partition coefficient (Wildman–Crippen LogP) is 1.60. The zero-order valence-electron chi connectivity index (χ0n) is 7.79. The van der Waals surface area contributed by atoms with E-state index in [-0.39, 0.29) is 12.0 Å². The van der Waals surface area contributed by atoms with Crippen molar-refractivity contribution < 1.29 is 19.0 Å². The number of benzene rings is 1. The maximum atomic E-state index is 13.1. The van der Waals surface area contributed by atoms with Crippen LogP contribution < -0.4 is 0 Å². The number of halogens is 1. The number of aliphatic carboxylic acids is 1. The first kappa shape index (κ1) is 10.7. The van der Waals surface area contributed by atoms with Gasteiger partial charge in [-0.1, -0.05) is 6.07 Å². The average Bonchev–Trinajstić information content (AvgIpc) is 2.10. The number of carboxylic acid groups (broad SMARTS) is 1. The van der Waals surface area contributed by atoms with E-state index in [1.54, 1.807) is 6.07 Å². The van der Waals surface area contributed by atoms with Gasteiger partial charge in [0.25, 0.3) is 0 Å². The molecule has 0 spiro atoms. The molecule has 0 radical (unpaired) electrons. The second-order valence-corrected chi connectivity index (χ2v) is 2.93. The third kappa shape index (κ3) is 2.81. The number of carbonyl (C=O) groups is 1. The maximum Gasteiger partial charge on any atom is 0.307 e. The van der Waals surface area contributed by atoms with Gasteiger partial charge in [-0.2, -0.15) is 0 Å². The Bertz CT molecular complexity index is 336. The third-order valence-electron chi connectivity index (χ3n) is 1.76. The SMILES string of the molecule is COCc1ccc(F)c(CC(=O)O)c1. The van der Waals surface area contributed by atoms with Gasteiger partial charge in [-0.15, -0.1) is 0 Å². The number of hydrogen-bond donors (Lipinski definition) is 1. The summed E-state index contributed by atoms with van der Waals surface area (Å²) in [5.41, 5.74) is 0.956. The first-order valence-electron chi connectivity index (χ1n) is 4.11. The lowest BCUT2D eigenvalue weighted by molar-refractivity contribution is -0.136. The lowest BCUT2D eigenvalue weighted by atomic mass is 10.1. The van der Waals surface area contributed by atoms with Crippen molar-refractivity contribution in [3.63, 3.8) is 0 Å². The van der Waals surface area contributed by atoms with Gasteiger partial charge >= 0.3 is 5.97 Å². The molecular formula is C10H11FO3. The van der Waals surface area contributed by atoms with Crippen molar-refractivity contribution >= 4 is 5.97 Å². The van der Waals surface area contributed by atoms with Crippen LogP contribution in [0.4, 0.5) is 4.39 Å². The number of methoxy groups -OCH3 is 1. The third-order valence-corrected chi connectivity index (χ3v) is 1.76. The Morgan fingerprint density at radius 3 is 2.86 bits per heavy atom. The van der Waals surface area contributed by atoms with Crippen molar-refractivity contribution in [1.82, 2.24) is 0 Å². The van der Waals surface area contributed by atoms with Crippen LogP contribution in [0.15, 0.2) is 18.2 Å². The first-order valence-corrected chi connectivity index (χ1v) is 4.11. The zero-order chi connectivity index (χ0) is 10.6. The number of ether oxygens (including phenoxy) is 1. The van der Waals surface area contributed by atoms with Crippen LogP contribution in [-0.2, 0) is 22.6 Å². The molecule has 0 fully saturated rings. The number of hydrogen-bond acceptors (Lipinski definition) is 2. The van der Waals surface area contributed by atoms with Crippen LogP contribution in [0.5, 0.6) is 0 Å². The quantitative estimate of drug-likeness (QED) is 0.799. The minimum Gasteiger partial charge on any atom is -0.481 e. The predicted molar refractivity (Wildman–Crippen MR) is 48.5 cm³/mol. The standard InChI is InChI=1S/C10H11FO3/c1-14-6-7-2-3-9(11)8(4-7)5-10(12)13/h2-4H,5-6H2,1H3,(H,12,13). The van der Waals surface area contributed by atoms with Crippen LogP contribution >= 0.6 is 0 Å². The molecule has 0 aliphatic heterocycles. The average molecular weight is 198 g/mol. The monoisotopic (exact) mass is 198 g/mol. The van der Waals surface area contributed by atoms with E-state index in [1.165, 1.54) is 19.2 Å². The summed E-state index contributed by atoms with van der Waals surface area (Å²) < 4.78 is 17.9. The molecule has 0 aliphatic carbocycles. The molecule has 0 heterocycles. The Balaban J connectivity index is 2.90. The molecule has 1 rings (SSSR count). The van der Waals surface area contributed by atoms with Crippen LogP contribution in [0.25, 0.3) is 0 Å².